The molecule has 0 radical (unpaired) electrons. The van der Waals surface area contributed by atoms with Crippen LogP contribution in [0.4, 0.5) is 30.7 Å². The lowest BCUT2D eigenvalue weighted by Crippen LogP contribution is -2.45. The summed E-state index contributed by atoms with van der Waals surface area (Å²) in [4.78, 5) is 0. The number of methoxy groups -OCH3 is 1. The number of halogens is 7. The number of alkyl halides is 7. The van der Waals surface area contributed by atoms with Crippen LogP contribution in [0.1, 0.15) is 0 Å². The Hall–Kier alpha value is -0.530. The number of hydrogen-bond donors (Lipinski definition) is 0. The van der Waals surface area contributed by atoms with Crippen LogP contribution in [0.2, 0.25) is 0 Å². The van der Waals surface area contributed by atoms with E-state index in [-0.39, 0.29) is 0 Å². The van der Waals surface area contributed by atoms with Crippen molar-refractivity contribution in [2.24, 2.45) is 0 Å². The molecule has 0 saturated heterocycles. The van der Waals surface area contributed by atoms with E-state index in [1.54, 1.807) is 0 Å². The molecule has 0 aliphatic rings. The topological polar surface area (TPSA) is 9.23 Å². The summed E-state index contributed by atoms with van der Waals surface area (Å²) in [6.07, 6.45) is -19.1. The Morgan fingerprint density at radius 2 is 1.43 bits per heavy atom. The van der Waals surface area contributed by atoms with Crippen molar-refractivity contribution in [1.82, 2.24) is 0 Å². The SMILES string of the molecule is COC(C(F)C(F)F)C(F)C(F)(F)F. The van der Waals surface area contributed by atoms with Crippen molar-refractivity contribution >= 4 is 0 Å². The van der Waals surface area contributed by atoms with E-state index in [1.165, 1.54) is 0 Å². The van der Waals surface area contributed by atoms with Gasteiger partial charge in [-0.2, -0.15) is 13.2 Å². The zero-order valence-corrected chi connectivity index (χ0v) is 6.86. The quantitative estimate of drug-likeness (QED) is 0.672. The highest BCUT2D eigenvalue weighted by Gasteiger charge is 2.50. The fraction of sp³-hybridized carbons (Fsp3) is 1.00. The van der Waals surface area contributed by atoms with Crippen molar-refractivity contribution in [2.45, 2.75) is 31.0 Å². The predicted molar refractivity (Wildman–Crippen MR) is 32.6 cm³/mol. The standard InChI is InChI=1S/C6H7F7O/c1-14-3(2(7)5(9)10)4(8)6(11,12)13/h2-5H,1H3. The van der Waals surface area contributed by atoms with Gasteiger partial charge in [-0.05, 0) is 0 Å². The minimum atomic E-state index is -5.42. The lowest BCUT2D eigenvalue weighted by molar-refractivity contribution is -0.223. The van der Waals surface area contributed by atoms with E-state index in [0.717, 1.165) is 0 Å². The van der Waals surface area contributed by atoms with E-state index >= 15 is 0 Å². The van der Waals surface area contributed by atoms with Gasteiger partial charge in [-0.15, -0.1) is 0 Å². The Morgan fingerprint density at radius 1 is 1.00 bits per heavy atom. The normalized spacial score (nSPS) is 19.5. The molecule has 8 heteroatoms. The molecule has 0 amide bonds. The summed E-state index contributed by atoms with van der Waals surface area (Å²) in [5.41, 5.74) is 0. The molecule has 3 atom stereocenters. The van der Waals surface area contributed by atoms with E-state index in [0.29, 0.717) is 7.11 Å². The largest absolute Gasteiger partial charge is 0.422 e. The van der Waals surface area contributed by atoms with Crippen LogP contribution in [0.25, 0.3) is 0 Å². The molecule has 0 aliphatic carbocycles. The molecule has 0 heterocycles. The second kappa shape index (κ2) is 4.81. The van der Waals surface area contributed by atoms with Crippen LogP contribution in [0, 0.1) is 0 Å². The van der Waals surface area contributed by atoms with Crippen LogP contribution in [-0.2, 0) is 4.74 Å². The Balaban J connectivity index is 4.56. The molecular formula is C6H7F7O. The maximum absolute atomic E-state index is 12.4. The van der Waals surface area contributed by atoms with Crippen molar-refractivity contribution in [1.29, 1.82) is 0 Å². The van der Waals surface area contributed by atoms with Crippen molar-refractivity contribution in [3.05, 3.63) is 0 Å². The molecule has 0 N–H and O–H groups in total. The first-order valence-corrected chi connectivity index (χ1v) is 3.37. The Bertz CT molecular complexity index is 168. The molecule has 0 aromatic rings. The van der Waals surface area contributed by atoms with Gasteiger partial charge in [0.2, 0.25) is 6.17 Å². The summed E-state index contributed by atoms with van der Waals surface area (Å²) in [5.74, 6) is 0. The third-order valence-corrected chi connectivity index (χ3v) is 1.43. The number of rotatable bonds is 4. The highest BCUT2D eigenvalue weighted by molar-refractivity contribution is 4.83. The maximum atomic E-state index is 12.4. The van der Waals surface area contributed by atoms with E-state index < -0.39 is 31.0 Å². The molecule has 0 aromatic carbocycles. The van der Waals surface area contributed by atoms with Gasteiger partial charge in [0, 0.05) is 7.11 Å². The fourth-order valence-corrected chi connectivity index (χ4v) is 0.741. The van der Waals surface area contributed by atoms with E-state index in [9.17, 15) is 30.7 Å². The first-order chi connectivity index (χ1) is 6.21. The van der Waals surface area contributed by atoms with Crippen LogP contribution in [0.3, 0.4) is 0 Å². The summed E-state index contributed by atoms with van der Waals surface area (Å²) in [6, 6.07) is 0. The summed E-state index contributed by atoms with van der Waals surface area (Å²) < 4.78 is 86.6. The molecule has 0 fully saturated rings. The monoisotopic (exact) mass is 228 g/mol. The molecule has 0 rings (SSSR count). The average Bonchev–Trinajstić information content (AvgIpc) is 2.03. The van der Waals surface area contributed by atoms with Crippen LogP contribution in [0.5, 0.6) is 0 Å². The molecular weight excluding hydrogens is 221 g/mol. The van der Waals surface area contributed by atoms with Gasteiger partial charge in [0.25, 0.3) is 6.43 Å². The van der Waals surface area contributed by atoms with Gasteiger partial charge in [-0.3, -0.25) is 0 Å². The van der Waals surface area contributed by atoms with Crippen LogP contribution >= 0.6 is 0 Å². The highest BCUT2D eigenvalue weighted by Crippen LogP contribution is 2.30. The van der Waals surface area contributed by atoms with Crippen LogP contribution in [-0.4, -0.2) is 38.2 Å². The Labute approximate surface area is 74.8 Å². The minimum Gasteiger partial charge on any atom is -0.375 e. The second-order valence-electron chi connectivity index (χ2n) is 2.42. The summed E-state index contributed by atoms with van der Waals surface area (Å²) >= 11 is 0. The fourth-order valence-electron chi connectivity index (χ4n) is 0.741. The Morgan fingerprint density at radius 3 is 1.64 bits per heavy atom. The summed E-state index contributed by atoms with van der Waals surface area (Å²) in [5, 5.41) is 0. The van der Waals surface area contributed by atoms with E-state index in [2.05, 4.69) is 4.74 Å². The number of ether oxygens (including phenoxy) is 1. The van der Waals surface area contributed by atoms with Gasteiger partial charge in [0.15, 0.2) is 6.17 Å². The predicted octanol–water partition coefficient (Wildman–Crippen LogP) is 2.51. The number of hydrogen-bond acceptors (Lipinski definition) is 1. The van der Waals surface area contributed by atoms with Gasteiger partial charge in [-0.25, -0.2) is 17.6 Å². The van der Waals surface area contributed by atoms with Crippen molar-refractivity contribution < 1.29 is 35.5 Å². The van der Waals surface area contributed by atoms with Gasteiger partial charge < -0.3 is 4.74 Å². The Kier molecular flexibility index (Phi) is 4.63. The minimum absolute atomic E-state index is 0.526. The van der Waals surface area contributed by atoms with Gasteiger partial charge >= 0.3 is 6.18 Å². The zero-order chi connectivity index (χ0) is 11.5. The van der Waals surface area contributed by atoms with Crippen molar-refractivity contribution in [3.8, 4) is 0 Å². The highest BCUT2D eigenvalue weighted by atomic mass is 19.4. The molecule has 0 aliphatic heterocycles. The first kappa shape index (κ1) is 13.5. The van der Waals surface area contributed by atoms with Crippen LogP contribution < -0.4 is 0 Å². The summed E-state index contributed by atoms with van der Waals surface area (Å²) in [7, 11) is 0.526. The molecule has 1 nitrogen and oxygen atoms in total. The molecule has 86 valence electrons. The maximum Gasteiger partial charge on any atom is 0.422 e. The molecule has 14 heavy (non-hydrogen) atoms. The molecule has 0 aromatic heterocycles. The summed E-state index contributed by atoms with van der Waals surface area (Å²) in [6.45, 7) is 0. The van der Waals surface area contributed by atoms with Crippen LogP contribution in [0.15, 0.2) is 0 Å². The van der Waals surface area contributed by atoms with Crippen molar-refractivity contribution in [3.63, 3.8) is 0 Å². The smallest absolute Gasteiger partial charge is 0.375 e. The third kappa shape index (κ3) is 3.32. The average molecular weight is 228 g/mol. The van der Waals surface area contributed by atoms with E-state index in [4.69, 9.17) is 0 Å². The molecule has 0 saturated carbocycles. The lowest BCUT2D eigenvalue weighted by atomic mass is 10.1. The molecule has 0 bridgehead atoms. The molecule has 3 unspecified atom stereocenters. The van der Waals surface area contributed by atoms with Gasteiger partial charge in [-0.1, -0.05) is 0 Å². The van der Waals surface area contributed by atoms with Gasteiger partial charge in [0.05, 0.1) is 0 Å². The first-order valence-electron chi connectivity index (χ1n) is 3.37. The second-order valence-corrected chi connectivity index (χ2v) is 2.42. The lowest BCUT2D eigenvalue weighted by Gasteiger charge is -2.24. The zero-order valence-electron chi connectivity index (χ0n) is 6.86. The van der Waals surface area contributed by atoms with Gasteiger partial charge in [0.1, 0.15) is 6.10 Å². The van der Waals surface area contributed by atoms with E-state index in [1.807, 2.05) is 0 Å². The van der Waals surface area contributed by atoms with Crippen molar-refractivity contribution in [2.75, 3.05) is 7.11 Å². The molecule has 0 spiro atoms. The third-order valence-electron chi connectivity index (χ3n) is 1.43.